The molecule has 0 saturated carbocycles. The van der Waals surface area contributed by atoms with E-state index in [0.29, 0.717) is 5.56 Å². The second-order valence-corrected chi connectivity index (χ2v) is 9.91. The molecule has 0 fully saturated rings. The number of nitrogens with zero attached hydrogens (tertiary/aromatic N) is 1. The minimum Gasteiger partial charge on any atom is -0.444 e. The predicted octanol–water partition coefficient (Wildman–Crippen LogP) is 4.58. The van der Waals surface area contributed by atoms with Crippen LogP contribution in [-0.4, -0.2) is 34.5 Å². The van der Waals surface area contributed by atoms with Gasteiger partial charge in [-0.25, -0.2) is 4.79 Å². The number of carbonyl (C=O) groups excluding carboxylic acids is 3. The lowest BCUT2D eigenvalue weighted by Crippen LogP contribution is -2.53. The number of rotatable bonds is 9. The zero-order valence-electron chi connectivity index (χ0n) is 22.0. The van der Waals surface area contributed by atoms with Gasteiger partial charge in [0.25, 0.3) is 5.91 Å². The van der Waals surface area contributed by atoms with Gasteiger partial charge in [-0.05, 0) is 49.8 Å². The monoisotopic (exact) mass is 491 g/mol. The summed E-state index contributed by atoms with van der Waals surface area (Å²) in [5.41, 5.74) is 1.84. The molecule has 0 radical (unpaired) electrons. The molecule has 2 unspecified atom stereocenters. The van der Waals surface area contributed by atoms with E-state index in [1.165, 1.54) is 0 Å². The summed E-state index contributed by atoms with van der Waals surface area (Å²) in [5, 5.41) is 5.52. The Morgan fingerprint density at radius 1 is 1.00 bits per heavy atom. The van der Waals surface area contributed by atoms with Crippen LogP contribution in [0.15, 0.2) is 54.6 Å². The smallest absolute Gasteiger partial charge is 0.408 e. The van der Waals surface area contributed by atoms with Gasteiger partial charge >= 0.3 is 6.09 Å². The number of carbonyl (C=O) groups is 3. The third-order valence-electron chi connectivity index (χ3n) is 5.50. The van der Waals surface area contributed by atoms with E-state index in [4.69, 9.17) is 11.2 Å². The standard InChI is InChI=1S/C29H37N3O4/c1-8-21-15-17-23(18-16-21)25(26(33)30-19-22-13-11-10-12-14-22)32(9-2)27(34)24(20(3)4)31-28(35)36-29(5,6)7/h2,10-18,20,24-25H,8,19H2,1,3-7H3,(H,30,33)(H,31,35). The molecule has 2 aromatic rings. The maximum Gasteiger partial charge on any atom is 0.408 e. The van der Waals surface area contributed by atoms with Crippen molar-refractivity contribution in [3.63, 3.8) is 0 Å². The second kappa shape index (κ2) is 12.8. The lowest BCUT2D eigenvalue weighted by atomic mass is 9.98. The van der Waals surface area contributed by atoms with Crippen molar-refractivity contribution in [2.45, 2.75) is 72.2 Å². The minimum atomic E-state index is -1.08. The Bertz CT molecular complexity index is 1070. The zero-order valence-corrected chi connectivity index (χ0v) is 22.0. The molecule has 192 valence electrons. The molecule has 36 heavy (non-hydrogen) atoms. The summed E-state index contributed by atoms with van der Waals surface area (Å²) in [6.07, 6.45) is 5.91. The van der Waals surface area contributed by atoms with Crippen molar-refractivity contribution in [3.05, 3.63) is 71.3 Å². The van der Waals surface area contributed by atoms with E-state index in [-0.39, 0.29) is 12.5 Å². The lowest BCUT2D eigenvalue weighted by molar-refractivity contribution is -0.139. The zero-order chi connectivity index (χ0) is 26.9. The van der Waals surface area contributed by atoms with Gasteiger partial charge in [0.15, 0.2) is 0 Å². The van der Waals surface area contributed by atoms with E-state index in [0.717, 1.165) is 22.4 Å². The number of aryl methyl sites for hydroxylation is 1. The van der Waals surface area contributed by atoms with Crippen LogP contribution in [0.25, 0.3) is 0 Å². The highest BCUT2D eigenvalue weighted by molar-refractivity contribution is 5.93. The molecule has 0 saturated heterocycles. The molecule has 2 aromatic carbocycles. The van der Waals surface area contributed by atoms with Crippen molar-refractivity contribution in [1.29, 1.82) is 0 Å². The molecule has 2 rings (SSSR count). The fourth-order valence-electron chi connectivity index (χ4n) is 3.60. The Balaban J connectivity index is 2.38. The van der Waals surface area contributed by atoms with Crippen molar-refractivity contribution >= 4 is 17.9 Å². The lowest BCUT2D eigenvalue weighted by Gasteiger charge is -2.32. The number of alkyl carbamates (subject to hydrolysis) is 1. The molecule has 0 heterocycles. The molecule has 0 aliphatic rings. The van der Waals surface area contributed by atoms with Gasteiger partial charge in [-0.3, -0.25) is 14.5 Å². The molecular formula is C29H37N3O4. The Morgan fingerprint density at radius 3 is 2.11 bits per heavy atom. The topological polar surface area (TPSA) is 87.7 Å². The molecule has 7 nitrogen and oxygen atoms in total. The van der Waals surface area contributed by atoms with Crippen molar-refractivity contribution in [2.24, 2.45) is 5.92 Å². The average Bonchev–Trinajstić information content (AvgIpc) is 2.83. The van der Waals surface area contributed by atoms with Crippen LogP contribution in [0, 0.1) is 18.4 Å². The maximum absolute atomic E-state index is 13.7. The van der Waals surface area contributed by atoms with E-state index in [9.17, 15) is 14.4 Å². The maximum atomic E-state index is 13.7. The van der Waals surface area contributed by atoms with Gasteiger partial charge in [0, 0.05) is 12.6 Å². The predicted molar refractivity (Wildman–Crippen MR) is 141 cm³/mol. The first-order valence-electron chi connectivity index (χ1n) is 12.2. The van der Waals surface area contributed by atoms with E-state index in [2.05, 4.69) is 16.7 Å². The number of ether oxygens (including phenoxy) is 1. The van der Waals surface area contributed by atoms with Crippen LogP contribution in [0.4, 0.5) is 4.79 Å². The number of terminal acetylenes is 1. The Morgan fingerprint density at radius 2 is 1.61 bits per heavy atom. The van der Waals surface area contributed by atoms with Gasteiger partial charge < -0.3 is 15.4 Å². The molecule has 2 N–H and O–H groups in total. The Hall–Kier alpha value is -3.79. The molecule has 0 aliphatic carbocycles. The molecule has 0 aromatic heterocycles. The van der Waals surface area contributed by atoms with Gasteiger partial charge in [-0.15, -0.1) is 0 Å². The normalized spacial score (nSPS) is 12.7. The van der Waals surface area contributed by atoms with Crippen LogP contribution in [0.5, 0.6) is 0 Å². The van der Waals surface area contributed by atoms with E-state index < -0.39 is 35.6 Å². The number of benzene rings is 2. The van der Waals surface area contributed by atoms with Gasteiger partial charge in [0.2, 0.25) is 5.91 Å². The number of hydrogen-bond acceptors (Lipinski definition) is 4. The summed E-state index contributed by atoms with van der Waals surface area (Å²) in [7, 11) is 0. The first-order valence-corrected chi connectivity index (χ1v) is 12.2. The van der Waals surface area contributed by atoms with Gasteiger partial charge in [-0.1, -0.05) is 81.8 Å². The number of nitrogens with one attached hydrogen (secondary N) is 2. The summed E-state index contributed by atoms with van der Waals surface area (Å²) in [4.78, 5) is 40.6. The van der Waals surface area contributed by atoms with Crippen LogP contribution in [0.1, 0.15) is 64.3 Å². The second-order valence-electron chi connectivity index (χ2n) is 9.91. The third kappa shape index (κ3) is 8.16. The van der Waals surface area contributed by atoms with Gasteiger partial charge in [0.1, 0.15) is 17.7 Å². The summed E-state index contributed by atoms with van der Waals surface area (Å²) in [6.45, 7) is 11.1. The van der Waals surface area contributed by atoms with Gasteiger partial charge in [-0.2, -0.15) is 0 Å². The molecular weight excluding hydrogens is 454 g/mol. The third-order valence-corrected chi connectivity index (χ3v) is 5.50. The van der Waals surface area contributed by atoms with Crippen LogP contribution in [0.3, 0.4) is 0 Å². The quantitative estimate of drug-likeness (QED) is 0.397. The summed E-state index contributed by atoms with van der Waals surface area (Å²) < 4.78 is 5.34. The highest BCUT2D eigenvalue weighted by atomic mass is 16.6. The highest BCUT2D eigenvalue weighted by Crippen LogP contribution is 2.24. The van der Waals surface area contributed by atoms with Crippen LogP contribution >= 0.6 is 0 Å². The van der Waals surface area contributed by atoms with Crippen molar-refractivity contribution in [2.75, 3.05) is 0 Å². The van der Waals surface area contributed by atoms with Crippen molar-refractivity contribution in [1.82, 2.24) is 15.5 Å². The fraction of sp³-hybridized carbons (Fsp3) is 0.414. The summed E-state index contributed by atoms with van der Waals surface area (Å²) >= 11 is 0. The molecule has 3 amide bonds. The number of amides is 3. The fourth-order valence-corrected chi connectivity index (χ4v) is 3.60. The SMILES string of the molecule is C#CN(C(=O)C(NC(=O)OC(C)(C)C)C(C)C)C(C(=O)NCc1ccccc1)c1ccc(CC)cc1. The molecule has 2 atom stereocenters. The highest BCUT2D eigenvalue weighted by Gasteiger charge is 2.37. The van der Waals surface area contributed by atoms with E-state index in [1.54, 1.807) is 46.8 Å². The summed E-state index contributed by atoms with van der Waals surface area (Å²) in [5.74, 6) is -1.30. The Labute approximate surface area is 214 Å². The first-order chi connectivity index (χ1) is 17.0. The van der Waals surface area contributed by atoms with E-state index in [1.807, 2.05) is 49.4 Å². The van der Waals surface area contributed by atoms with Crippen molar-refractivity contribution < 1.29 is 19.1 Å². The first kappa shape index (κ1) is 28.4. The van der Waals surface area contributed by atoms with Crippen LogP contribution < -0.4 is 10.6 Å². The van der Waals surface area contributed by atoms with Gasteiger partial charge in [0.05, 0.1) is 0 Å². The molecule has 0 spiro atoms. The Kier molecular flexibility index (Phi) is 10.1. The molecule has 7 heteroatoms. The molecule has 0 bridgehead atoms. The van der Waals surface area contributed by atoms with Crippen LogP contribution in [-0.2, 0) is 27.3 Å². The number of hydrogen-bond donors (Lipinski definition) is 2. The average molecular weight is 492 g/mol. The van der Waals surface area contributed by atoms with Crippen LogP contribution in [0.2, 0.25) is 0 Å². The minimum absolute atomic E-state index is 0.277. The van der Waals surface area contributed by atoms with Crippen molar-refractivity contribution in [3.8, 4) is 12.5 Å². The van der Waals surface area contributed by atoms with E-state index >= 15 is 0 Å². The molecule has 0 aliphatic heterocycles. The summed E-state index contributed by atoms with van der Waals surface area (Å²) in [6, 6.07) is 17.2. The largest absolute Gasteiger partial charge is 0.444 e.